The highest BCUT2D eigenvalue weighted by Crippen LogP contribution is 2.49. The van der Waals surface area contributed by atoms with Gasteiger partial charge in [0.25, 0.3) is 0 Å². The largest absolute Gasteiger partial charge is 0.376 e. The van der Waals surface area contributed by atoms with Crippen molar-refractivity contribution in [2.24, 2.45) is 0 Å². The van der Waals surface area contributed by atoms with Gasteiger partial charge in [0.2, 0.25) is 7.57 Å². The van der Waals surface area contributed by atoms with Crippen LogP contribution in [0.15, 0.2) is 0 Å². The first-order valence-electron chi connectivity index (χ1n) is 6.51. The molecule has 0 aromatic carbocycles. The topological polar surface area (TPSA) is 115 Å². The van der Waals surface area contributed by atoms with Crippen LogP contribution < -0.4 is 0 Å². The van der Waals surface area contributed by atoms with Gasteiger partial charge >= 0.3 is 7.60 Å². The summed E-state index contributed by atoms with van der Waals surface area (Å²) in [7, 11) is -4.96. The number of hydrogen-bond acceptors (Lipinski definition) is 6. The third-order valence-electron chi connectivity index (χ3n) is 3.08. The first-order valence-corrected chi connectivity index (χ1v) is 9.36. The van der Waals surface area contributed by atoms with Crippen molar-refractivity contribution in [2.75, 3.05) is 27.0 Å². The van der Waals surface area contributed by atoms with Crippen LogP contribution in [0.4, 0.5) is 0 Å². The van der Waals surface area contributed by atoms with Crippen LogP contribution in [0.3, 0.4) is 0 Å². The number of rotatable bonds is 7. The molecule has 0 aromatic heterocycles. The Kier molecular flexibility index (Phi) is 5.46. The Morgan fingerprint density at radius 1 is 1.50 bits per heavy atom. The summed E-state index contributed by atoms with van der Waals surface area (Å²) in [4.78, 5) is 27.9. The van der Waals surface area contributed by atoms with E-state index >= 15 is 0 Å². The smallest absolute Gasteiger partial charge is 0.325 e. The van der Waals surface area contributed by atoms with Crippen molar-refractivity contribution in [1.29, 1.82) is 0 Å². The van der Waals surface area contributed by atoms with E-state index in [1.54, 1.807) is 0 Å². The molecule has 1 rings (SSSR count). The molecule has 0 aromatic rings. The highest BCUT2D eigenvalue weighted by molar-refractivity contribution is 7.58. The van der Waals surface area contributed by atoms with Crippen molar-refractivity contribution in [3.8, 4) is 0 Å². The summed E-state index contributed by atoms with van der Waals surface area (Å²) in [5, 5.41) is 0. The summed E-state index contributed by atoms with van der Waals surface area (Å²) in [6, 6.07) is 0. The highest BCUT2D eigenvalue weighted by Gasteiger charge is 2.50. The third-order valence-corrected chi connectivity index (χ3v) is 5.02. The van der Waals surface area contributed by atoms with Gasteiger partial charge in [-0.15, -0.1) is 0 Å². The van der Waals surface area contributed by atoms with Crippen molar-refractivity contribution in [3.63, 3.8) is 0 Å². The molecule has 120 valence electrons. The van der Waals surface area contributed by atoms with Gasteiger partial charge in [-0.05, 0) is 19.6 Å². The second-order valence-electron chi connectivity index (χ2n) is 4.63. The molecule has 0 radical (unpaired) electrons. The van der Waals surface area contributed by atoms with Crippen LogP contribution in [0.25, 0.3) is 0 Å². The SMILES string of the molecule is [2H]C[C@@]1(CCP(=O)(O)O)OC[C@@H](OC)C1OP(=C)(O)OC. The van der Waals surface area contributed by atoms with Crippen molar-refractivity contribution < 1.29 is 39.1 Å². The molecule has 10 heteroatoms. The summed E-state index contributed by atoms with van der Waals surface area (Å²) < 4.78 is 39.7. The standard InChI is InChI=1S/C10H22O8P2/c1-10(5-6-20(12,13)14)9(8(15-2)7-17-10)18-19(4,11)16-3/h8-9,11H,4-7H2,1-3H3,(H2,12,13,14)/t8-,9?,10+,19?/m1/s1/i1D. The van der Waals surface area contributed by atoms with Gasteiger partial charge in [-0.2, -0.15) is 0 Å². The van der Waals surface area contributed by atoms with Gasteiger partial charge in [0.1, 0.15) is 12.2 Å². The summed E-state index contributed by atoms with van der Waals surface area (Å²) in [6.45, 7) is -0.216. The van der Waals surface area contributed by atoms with Gasteiger partial charge in [0.15, 0.2) is 0 Å². The van der Waals surface area contributed by atoms with E-state index in [4.69, 9.17) is 29.7 Å². The van der Waals surface area contributed by atoms with E-state index in [1.807, 2.05) is 0 Å². The van der Waals surface area contributed by atoms with Gasteiger partial charge in [0.05, 0.1) is 18.4 Å². The van der Waals surface area contributed by atoms with Crippen molar-refractivity contribution >= 4 is 21.5 Å². The maximum Gasteiger partial charge on any atom is 0.325 e. The molecule has 3 N–H and O–H groups in total. The molecule has 4 atom stereocenters. The fourth-order valence-corrected chi connectivity index (χ4v) is 3.32. The van der Waals surface area contributed by atoms with E-state index in [-0.39, 0.29) is 19.9 Å². The lowest BCUT2D eigenvalue weighted by Gasteiger charge is -2.34. The Balaban J connectivity index is 2.98. The van der Waals surface area contributed by atoms with Crippen LogP contribution >= 0.6 is 15.2 Å². The van der Waals surface area contributed by atoms with Crippen molar-refractivity contribution in [3.05, 3.63) is 0 Å². The van der Waals surface area contributed by atoms with Crippen LogP contribution in [-0.4, -0.2) is 65.8 Å². The van der Waals surface area contributed by atoms with E-state index < -0.39 is 39.1 Å². The molecule has 0 saturated carbocycles. The third kappa shape index (κ3) is 4.91. The van der Waals surface area contributed by atoms with E-state index in [0.717, 1.165) is 0 Å². The fraction of sp³-hybridized carbons (Fsp3) is 0.900. The van der Waals surface area contributed by atoms with Gasteiger partial charge in [-0.25, -0.2) is 0 Å². The van der Waals surface area contributed by atoms with E-state index in [0.29, 0.717) is 0 Å². The molecule has 2 unspecified atom stereocenters. The predicted molar refractivity (Wildman–Crippen MR) is 74.8 cm³/mol. The molecule has 1 heterocycles. The zero-order valence-electron chi connectivity index (χ0n) is 12.5. The molecular weight excluding hydrogens is 310 g/mol. The van der Waals surface area contributed by atoms with Crippen molar-refractivity contribution in [2.45, 2.75) is 31.1 Å². The minimum absolute atomic E-state index is 0.0882. The molecule has 0 spiro atoms. The molecule has 0 amide bonds. The lowest BCUT2D eigenvalue weighted by Crippen LogP contribution is -2.43. The molecule has 20 heavy (non-hydrogen) atoms. The van der Waals surface area contributed by atoms with Crippen molar-refractivity contribution in [1.82, 2.24) is 0 Å². The molecule has 8 nitrogen and oxygen atoms in total. The maximum atomic E-state index is 11.1. The molecule has 0 bridgehead atoms. The predicted octanol–water partition coefficient (Wildman–Crippen LogP) is 0.577. The molecular formula is C10H22O8P2. The fourth-order valence-electron chi connectivity index (χ4n) is 1.88. The van der Waals surface area contributed by atoms with Crippen LogP contribution in [0.2, 0.25) is 0 Å². The lowest BCUT2D eigenvalue weighted by molar-refractivity contribution is -0.0493. The second kappa shape index (κ2) is 6.57. The Morgan fingerprint density at radius 2 is 2.15 bits per heavy atom. The van der Waals surface area contributed by atoms with Gasteiger partial charge in [0, 0.05) is 15.6 Å². The van der Waals surface area contributed by atoms with Crippen LogP contribution in [0.1, 0.15) is 14.7 Å². The normalized spacial score (nSPS) is 34.8. The van der Waals surface area contributed by atoms with E-state index in [1.165, 1.54) is 14.2 Å². The quantitative estimate of drug-likeness (QED) is 0.580. The number of ether oxygens (including phenoxy) is 2. The van der Waals surface area contributed by atoms with Gasteiger partial charge in [-0.3, -0.25) is 4.57 Å². The molecule has 0 aliphatic carbocycles. The Morgan fingerprint density at radius 3 is 2.60 bits per heavy atom. The molecule has 1 aliphatic heterocycles. The maximum absolute atomic E-state index is 11.1. The molecule has 1 aliphatic rings. The van der Waals surface area contributed by atoms with Crippen LogP contribution in [0, 0.1) is 0 Å². The van der Waals surface area contributed by atoms with E-state index in [2.05, 4.69) is 6.30 Å². The summed E-state index contributed by atoms with van der Waals surface area (Å²) in [6.07, 6.45) is 1.38. The summed E-state index contributed by atoms with van der Waals surface area (Å²) in [5.74, 6) is 0. The Hall–Kier alpha value is 0.250. The molecule has 1 saturated heterocycles. The monoisotopic (exact) mass is 333 g/mol. The summed E-state index contributed by atoms with van der Waals surface area (Å²) in [5.41, 5.74) is -1.29. The summed E-state index contributed by atoms with van der Waals surface area (Å²) >= 11 is 0. The van der Waals surface area contributed by atoms with Crippen LogP contribution in [0.5, 0.6) is 0 Å². The first kappa shape index (κ1) is 16.6. The zero-order chi connectivity index (χ0) is 16.3. The van der Waals surface area contributed by atoms with E-state index in [9.17, 15) is 9.46 Å². The number of hydrogen-bond donors (Lipinski definition) is 3. The minimum atomic E-state index is -4.25. The minimum Gasteiger partial charge on any atom is -0.376 e. The number of methoxy groups -OCH3 is 1. The Bertz CT molecular complexity index is 441. The lowest BCUT2D eigenvalue weighted by atomic mass is 9.95. The first-order chi connectivity index (χ1) is 9.59. The average molecular weight is 333 g/mol. The zero-order valence-corrected chi connectivity index (χ0v) is 13.3. The molecule has 1 fully saturated rings. The van der Waals surface area contributed by atoms with Gasteiger partial charge in [-0.1, -0.05) is 0 Å². The average Bonchev–Trinajstić information content (AvgIpc) is 2.74. The van der Waals surface area contributed by atoms with Gasteiger partial charge < -0.3 is 33.2 Å². The highest BCUT2D eigenvalue weighted by atomic mass is 31.2. The van der Waals surface area contributed by atoms with Crippen LogP contribution in [-0.2, 0) is 23.1 Å². The Labute approximate surface area is 119 Å². The second-order valence-corrected chi connectivity index (χ2v) is 8.26.